The Morgan fingerprint density at radius 3 is 2.52 bits per heavy atom. The fraction of sp³-hybridized carbons (Fsp3) is 0.750. The summed E-state index contributed by atoms with van der Waals surface area (Å²) in [5.41, 5.74) is 0.759. The van der Waals surface area contributed by atoms with Gasteiger partial charge >= 0.3 is 12.1 Å². The van der Waals surface area contributed by atoms with E-state index < -0.39 is 11.7 Å². The number of ether oxygens (including phenoxy) is 2. The number of rotatable bonds is 2. The van der Waals surface area contributed by atoms with E-state index in [2.05, 4.69) is 11.4 Å². The molecule has 118 valence electrons. The lowest BCUT2D eigenvalue weighted by atomic mass is 9.81. The molecule has 2 aliphatic rings. The summed E-state index contributed by atoms with van der Waals surface area (Å²) in [6.45, 7) is 7.47. The van der Waals surface area contributed by atoms with Gasteiger partial charge in [0.1, 0.15) is 5.60 Å². The van der Waals surface area contributed by atoms with E-state index in [9.17, 15) is 9.59 Å². The summed E-state index contributed by atoms with van der Waals surface area (Å²) in [6, 6.07) is -0.194. The summed E-state index contributed by atoms with van der Waals surface area (Å²) in [5, 5.41) is 2.89. The molecule has 0 saturated heterocycles. The van der Waals surface area contributed by atoms with E-state index in [-0.39, 0.29) is 29.8 Å². The van der Waals surface area contributed by atoms with E-state index in [4.69, 9.17) is 9.47 Å². The molecule has 2 rings (SSSR count). The molecule has 5 heteroatoms. The summed E-state index contributed by atoms with van der Waals surface area (Å²) in [6.07, 6.45) is 3.50. The van der Waals surface area contributed by atoms with Gasteiger partial charge in [0.25, 0.3) is 0 Å². The molecule has 5 nitrogen and oxygen atoms in total. The number of allylic oxidation sites excluding steroid dienone is 2. The molecular formula is C16H25NO4. The molecule has 21 heavy (non-hydrogen) atoms. The molecule has 4 atom stereocenters. The number of methoxy groups -OCH3 is 1. The quantitative estimate of drug-likeness (QED) is 0.628. The lowest BCUT2D eigenvalue weighted by molar-refractivity contribution is -0.147. The molecule has 0 aromatic heterocycles. The first-order valence-corrected chi connectivity index (χ1v) is 7.49. The van der Waals surface area contributed by atoms with Crippen LogP contribution in [0, 0.1) is 17.8 Å². The molecule has 0 radical (unpaired) electrons. The maximum Gasteiger partial charge on any atom is 0.407 e. The Morgan fingerprint density at radius 1 is 1.33 bits per heavy atom. The van der Waals surface area contributed by atoms with Crippen molar-refractivity contribution in [2.75, 3.05) is 7.11 Å². The van der Waals surface area contributed by atoms with E-state index in [1.54, 1.807) is 0 Å². The van der Waals surface area contributed by atoms with Crippen LogP contribution in [0.25, 0.3) is 0 Å². The number of amides is 1. The third kappa shape index (κ3) is 3.22. The van der Waals surface area contributed by atoms with Crippen LogP contribution in [0.1, 0.15) is 40.5 Å². The molecule has 2 fully saturated rings. The minimum absolute atomic E-state index is 0.187. The standard InChI is InChI=1S/C16H25NO4/c1-6-9-7-10-8-11(9)12(14(18)20-5)13(10)17-15(19)21-16(2,3)4/h6,10-13H,7-8H2,1-5H3,(H,17,19)/t10-,11-,12-,13+/m0/s1. The van der Waals surface area contributed by atoms with Crippen LogP contribution < -0.4 is 5.32 Å². The van der Waals surface area contributed by atoms with E-state index in [1.807, 2.05) is 27.7 Å². The second-order valence-corrected chi connectivity index (χ2v) is 6.89. The first-order chi connectivity index (χ1) is 9.76. The smallest absolute Gasteiger partial charge is 0.407 e. The van der Waals surface area contributed by atoms with Crippen molar-refractivity contribution in [1.82, 2.24) is 5.32 Å². The molecular weight excluding hydrogens is 270 g/mol. The van der Waals surface area contributed by atoms with Crippen LogP contribution in [0.3, 0.4) is 0 Å². The molecule has 1 amide bonds. The van der Waals surface area contributed by atoms with Crippen LogP contribution in [-0.4, -0.2) is 30.8 Å². The van der Waals surface area contributed by atoms with Crippen molar-refractivity contribution in [2.45, 2.75) is 52.2 Å². The highest BCUT2D eigenvalue weighted by Crippen LogP contribution is 2.52. The zero-order chi connectivity index (χ0) is 15.8. The lowest BCUT2D eigenvalue weighted by Gasteiger charge is -2.32. The molecule has 2 aliphatic carbocycles. The highest BCUT2D eigenvalue weighted by Gasteiger charge is 2.54. The fourth-order valence-electron chi connectivity index (χ4n) is 3.64. The molecule has 0 heterocycles. The minimum atomic E-state index is -0.545. The van der Waals surface area contributed by atoms with Gasteiger partial charge in [0.15, 0.2) is 0 Å². The maximum absolute atomic E-state index is 12.1. The average molecular weight is 295 g/mol. The van der Waals surface area contributed by atoms with Gasteiger partial charge < -0.3 is 14.8 Å². The van der Waals surface area contributed by atoms with Crippen LogP contribution >= 0.6 is 0 Å². The second kappa shape index (κ2) is 5.70. The molecule has 2 bridgehead atoms. The number of esters is 1. The number of nitrogens with one attached hydrogen (secondary N) is 1. The molecule has 0 unspecified atom stereocenters. The Bertz CT molecular complexity index is 463. The van der Waals surface area contributed by atoms with Crippen LogP contribution in [0.5, 0.6) is 0 Å². The van der Waals surface area contributed by atoms with Gasteiger partial charge in [-0.15, -0.1) is 0 Å². The van der Waals surface area contributed by atoms with Crippen molar-refractivity contribution in [3.63, 3.8) is 0 Å². The minimum Gasteiger partial charge on any atom is -0.469 e. The van der Waals surface area contributed by atoms with Crippen molar-refractivity contribution < 1.29 is 19.1 Å². The van der Waals surface area contributed by atoms with Gasteiger partial charge in [-0.25, -0.2) is 4.79 Å². The maximum atomic E-state index is 12.1. The fourth-order valence-corrected chi connectivity index (χ4v) is 3.64. The van der Waals surface area contributed by atoms with Crippen molar-refractivity contribution >= 4 is 12.1 Å². The van der Waals surface area contributed by atoms with E-state index in [0.717, 1.165) is 12.8 Å². The predicted octanol–water partition coefficient (Wildman–Crippen LogP) is 2.66. The van der Waals surface area contributed by atoms with Crippen LogP contribution in [0.15, 0.2) is 11.6 Å². The molecule has 0 spiro atoms. The Labute approximate surface area is 126 Å². The summed E-state index contributed by atoms with van der Waals surface area (Å²) < 4.78 is 10.2. The van der Waals surface area contributed by atoms with Crippen molar-refractivity contribution in [3.05, 3.63) is 11.6 Å². The Hall–Kier alpha value is -1.52. The number of carbonyl (C=O) groups is 2. The van der Waals surface area contributed by atoms with Gasteiger partial charge in [-0.1, -0.05) is 11.6 Å². The normalized spacial score (nSPS) is 33.1. The molecule has 0 aromatic carbocycles. The molecule has 0 aromatic rings. The van der Waals surface area contributed by atoms with Crippen molar-refractivity contribution in [1.29, 1.82) is 0 Å². The molecule has 2 saturated carbocycles. The number of alkyl carbamates (subject to hydrolysis) is 1. The highest BCUT2D eigenvalue weighted by atomic mass is 16.6. The van der Waals surface area contributed by atoms with Gasteiger partial charge in [0, 0.05) is 6.04 Å². The van der Waals surface area contributed by atoms with E-state index in [1.165, 1.54) is 12.7 Å². The molecule has 1 N–H and O–H groups in total. The van der Waals surface area contributed by atoms with Crippen molar-refractivity contribution in [2.24, 2.45) is 17.8 Å². The summed E-state index contributed by atoms with van der Waals surface area (Å²) >= 11 is 0. The van der Waals surface area contributed by atoms with E-state index in [0.29, 0.717) is 0 Å². The number of hydrogen-bond donors (Lipinski definition) is 1. The zero-order valence-corrected chi connectivity index (χ0v) is 13.4. The average Bonchev–Trinajstić information content (AvgIpc) is 2.93. The van der Waals surface area contributed by atoms with Gasteiger partial charge in [-0.2, -0.15) is 0 Å². The third-order valence-corrected chi connectivity index (χ3v) is 4.39. The summed E-state index contributed by atoms with van der Waals surface area (Å²) in [5.74, 6) is -0.0692. The predicted molar refractivity (Wildman–Crippen MR) is 78.6 cm³/mol. The topological polar surface area (TPSA) is 64.6 Å². The Morgan fingerprint density at radius 2 is 2.00 bits per heavy atom. The number of hydrogen-bond acceptors (Lipinski definition) is 4. The first kappa shape index (κ1) is 15.9. The van der Waals surface area contributed by atoms with Crippen LogP contribution in [0.4, 0.5) is 4.79 Å². The van der Waals surface area contributed by atoms with Gasteiger partial charge in [-0.3, -0.25) is 4.79 Å². The van der Waals surface area contributed by atoms with Crippen LogP contribution in [0.2, 0.25) is 0 Å². The summed E-state index contributed by atoms with van der Waals surface area (Å²) in [4.78, 5) is 24.1. The van der Waals surface area contributed by atoms with Crippen molar-refractivity contribution in [3.8, 4) is 0 Å². The third-order valence-electron chi connectivity index (χ3n) is 4.39. The Balaban J connectivity index is 2.12. The second-order valence-electron chi connectivity index (χ2n) is 6.89. The zero-order valence-electron chi connectivity index (χ0n) is 13.4. The van der Waals surface area contributed by atoms with Gasteiger partial charge in [0.05, 0.1) is 13.0 Å². The van der Waals surface area contributed by atoms with Gasteiger partial charge in [0.2, 0.25) is 0 Å². The monoisotopic (exact) mass is 295 g/mol. The lowest BCUT2D eigenvalue weighted by Crippen LogP contribution is -2.49. The Kier molecular flexibility index (Phi) is 4.30. The van der Waals surface area contributed by atoms with Gasteiger partial charge in [-0.05, 0) is 52.4 Å². The summed E-state index contributed by atoms with van der Waals surface area (Å²) in [7, 11) is 1.40. The van der Waals surface area contributed by atoms with Crippen LogP contribution in [-0.2, 0) is 14.3 Å². The highest BCUT2D eigenvalue weighted by molar-refractivity contribution is 5.77. The SMILES string of the molecule is CC=C1C[C@H]2C[C@@H]1[C@H](C(=O)OC)[C@@H]2NC(=O)OC(C)(C)C. The largest absolute Gasteiger partial charge is 0.469 e. The first-order valence-electron chi connectivity index (χ1n) is 7.49. The number of carbonyl (C=O) groups excluding carboxylic acids is 2. The van der Waals surface area contributed by atoms with E-state index >= 15 is 0 Å². The molecule has 0 aliphatic heterocycles. The number of fused-ring (bicyclic) bond motifs is 2.